The van der Waals surface area contributed by atoms with Crippen molar-refractivity contribution in [1.29, 1.82) is 0 Å². The number of thiazole rings is 1. The Hall–Kier alpha value is -2.53. The Morgan fingerprint density at radius 1 is 0.909 bits per heavy atom. The number of hydrogen-bond acceptors (Lipinski definition) is 7. The second kappa shape index (κ2) is 9.38. The van der Waals surface area contributed by atoms with E-state index in [1.807, 2.05) is 41.9 Å². The molecule has 3 aromatic rings. The van der Waals surface area contributed by atoms with Gasteiger partial charge in [0, 0.05) is 63.9 Å². The summed E-state index contributed by atoms with van der Waals surface area (Å²) in [6, 6.07) is 13.0. The maximum atomic E-state index is 13.2. The molecule has 0 atom stereocenters. The minimum Gasteiger partial charge on any atom is -0.346 e. The summed E-state index contributed by atoms with van der Waals surface area (Å²) in [5.74, 6) is 0.0699. The summed E-state index contributed by atoms with van der Waals surface area (Å²) in [5.41, 5.74) is 0. The van der Waals surface area contributed by atoms with Gasteiger partial charge in [0.1, 0.15) is 0 Å². The number of carbonyl (C=O) groups is 1. The van der Waals surface area contributed by atoms with Gasteiger partial charge in [0.05, 0.1) is 11.4 Å². The van der Waals surface area contributed by atoms with Gasteiger partial charge in [-0.25, -0.2) is 13.4 Å². The van der Waals surface area contributed by atoms with Crippen molar-refractivity contribution in [2.45, 2.75) is 4.90 Å². The van der Waals surface area contributed by atoms with Gasteiger partial charge in [0.25, 0.3) is 0 Å². The zero-order chi connectivity index (χ0) is 22.8. The van der Waals surface area contributed by atoms with Crippen LogP contribution in [0.25, 0.3) is 10.8 Å². The first-order valence-electron chi connectivity index (χ1n) is 11.1. The predicted octanol–water partition coefficient (Wildman–Crippen LogP) is 1.95. The van der Waals surface area contributed by atoms with Gasteiger partial charge in [-0.1, -0.05) is 30.3 Å². The summed E-state index contributed by atoms with van der Waals surface area (Å²) in [4.78, 5) is 23.7. The molecule has 0 N–H and O–H groups in total. The Balaban J connectivity index is 1.14. The number of anilines is 1. The van der Waals surface area contributed by atoms with E-state index >= 15 is 0 Å². The zero-order valence-electron chi connectivity index (χ0n) is 18.3. The summed E-state index contributed by atoms with van der Waals surface area (Å²) in [7, 11) is -3.58. The quantitative estimate of drug-likeness (QED) is 0.550. The first kappa shape index (κ1) is 22.3. The molecule has 33 heavy (non-hydrogen) atoms. The molecule has 2 aromatic carbocycles. The van der Waals surface area contributed by atoms with Crippen molar-refractivity contribution in [2.24, 2.45) is 0 Å². The van der Waals surface area contributed by atoms with Crippen LogP contribution in [0.1, 0.15) is 0 Å². The molecular formula is C23H27N5O3S2. The summed E-state index contributed by atoms with van der Waals surface area (Å²) in [5, 5.41) is 4.93. The van der Waals surface area contributed by atoms with E-state index in [9.17, 15) is 13.2 Å². The van der Waals surface area contributed by atoms with Crippen LogP contribution in [0.15, 0.2) is 58.9 Å². The summed E-state index contributed by atoms with van der Waals surface area (Å²) >= 11 is 1.64. The van der Waals surface area contributed by atoms with Crippen molar-refractivity contribution in [3.8, 4) is 0 Å². The van der Waals surface area contributed by atoms with Crippen molar-refractivity contribution >= 4 is 43.2 Å². The van der Waals surface area contributed by atoms with Gasteiger partial charge >= 0.3 is 0 Å². The number of carbonyl (C=O) groups excluding carboxylic acids is 1. The fourth-order valence-electron chi connectivity index (χ4n) is 4.42. The number of amides is 1. The molecule has 174 valence electrons. The van der Waals surface area contributed by atoms with Crippen LogP contribution in [0.4, 0.5) is 5.13 Å². The topological polar surface area (TPSA) is 77.1 Å². The molecular weight excluding hydrogens is 458 g/mol. The Labute approximate surface area is 198 Å². The minimum atomic E-state index is -3.58. The van der Waals surface area contributed by atoms with Crippen LogP contribution in [0.5, 0.6) is 0 Å². The van der Waals surface area contributed by atoms with E-state index in [0.717, 1.165) is 42.1 Å². The van der Waals surface area contributed by atoms with Gasteiger partial charge in [0.15, 0.2) is 5.13 Å². The van der Waals surface area contributed by atoms with Crippen LogP contribution in [0.3, 0.4) is 0 Å². The number of hydrogen-bond donors (Lipinski definition) is 0. The largest absolute Gasteiger partial charge is 0.346 e. The van der Waals surface area contributed by atoms with Gasteiger partial charge in [0.2, 0.25) is 15.9 Å². The van der Waals surface area contributed by atoms with Crippen LogP contribution in [0, 0.1) is 0 Å². The second-order valence-corrected chi connectivity index (χ2v) is 11.2. The number of sulfonamides is 1. The molecule has 3 heterocycles. The van der Waals surface area contributed by atoms with E-state index in [0.29, 0.717) is 37.6 Å². The highest BCUT2D eigenvalue weighted by atomic mass is 32.2. The lowest BCUT2D eigenvalue weighted by Gasteiger charge is -2.37. The fourth-order valence-corrected chi connectivity index (χ4v) is 6.57. The van der Waals surface area contributed by atoms with Gasteiger partial charge in [-0.2, -0.15) is 4.31 Å². The van der Waals surface area contributed by atoms with Crippen molar-refractivity contribution in [2.75, 3.05) is 63.8 Å². The number of benzene rings is 2. The first-order chi connectivity index (χ1) is 16.0. The first-order valence-corrected chi connectivity index (χ1v) is 13.5. The Morgan fingerprint density at radius 3 is 2.33 bits per heavy atom. The average molecular weight is 486 g/mol. The normalized spacial score (nSPS) is 18.7. The number of nitrogens with zero attached hydrogens (tertiary/aromatic N) is 5. The second-order valence-electron chi connectivity index (χ2n) is 8.37. The van der Waals surface area contributed by atoms with Gasteiger partial charge in [-0.05, 0) is 22.9 Å². The molecule has 8 nitrogen and oxygen atoms in total. The molecule has 10 heteroatoms. The van der Waals surface area contributed by atoms with Crippen LogP contribution in [-0.4, -0.2) is 92.3 Å². The highest BCUT2D eigenvalue weighted by Gasteiger charge is 2.31. The molecule has 0 spiro atoms. The van der Waals surface area contributed by atoms with Crippen LogP contribution < -0.4 is 4.90 Å². The van der Waals surface area contributed by atoms with Crippen molar-refractivity contribution < 1.29 is 13.2 Å². The maximum absolute atomic E-state index is 13.2. The third-order valence-electron chi connectivity index (χ3n) is 6.37. The van der Waals surface area contributed by atoms with Crippen molar-refractivity contribution in [3.63, 3.8) is 0 Å². The van der Waals surface area contributed by atoms with Crippen LogP contribution in [0.2, 0.25) is 0 Å². The molecule has 0 aliphatic carbocycles. The average Bonchev–Trinajstić information content (AvgIpc) is 3.39. The number of piperazine rings is 2. The van der Waals surface area contributed by atoms with Crippen molar-refractivity contribution in [1.82, 2.24) is 19.1 Å². The van der Waals surface area contributed by atoms with E-state index in [1.54, 1.807) is 28.4 Å². The van der Waals surface area contributed by atoms with Gasteiger partial charge in [-0.15, -0.1) is 11.3 Å². The smallest absolute Gasteiger partial charge is 0.243 e. The monoisotopic (exact) mass is 485 g/mol. The Morgan fingerprint density at radius 2 is 1.64 bits per heavy atom. The fraction of sp³-hybridized carbons (Fsp3) is 0.391. The molecule has 0 radical (unpaired) electrons. The van der Waals surface area contributed by atoms with Crippen LogP contribution >= 0.6 is 11.3 Å². The third-order valence-corrected chi connectivity index (χ3v) is 9.10. The molecule has 0 saturated carbocycles. The van der Waals surface area contributed by atoms with Gasteiger partial charge < -0.3 is 9.80 Å². The number of aromatic nitrogens is 1. The molecule has 1 aromatic heterocycles. The Kier molecular flexibility index (Phi) is 6.33. The molecule has 2 aliphatic rings. The molecule has 0 bridgehead atoms. The zero-order valence-corrected chi connectivity index (χ0v) is 20.0. The number of rotatable bonds is 5. The van der Waals surface area contributed by atoms with Crippen LogP contribution in [-0.2, 0) is 14.8 Å². The molecule has 0 unspecified atom stereocenters. The molecule has 2 saturated heterocycles. The highest BCUT2D eigenvalue weighted by Crippen LogP contribution is 2.23. The maximum Gasteiger partial charge on any atom is 0.243 e. The summed E-state index contributed by atoms with van der Waals surface area (Å²) < 4.78 is 27.8. The number of fused-ring (bicyclic) bond motifs is 1. The Bertz CT molecular complexity index is 1220. The minimum absolute atomic E-state index is 0.0699. The molecule has 2 aliphatic heterocycles. The summed E-state index contributed by atoms with van der Waals surface area (Å²) in [6.45, 7) is 5.22. The van der Waals surface area contributed by atoms with E-state index in [4.69, 9.17) is 0 Å². The van der Waals surface area contributed by atoms with Crippen molar-refractivity contribution in [3.05, 3.63) is 54.0 Å². The van der Waals surface area contributed by atoms with E-state index in [2.05, 4.69) is 14.8 Å². The standard InChI is InChI=1S/C23H27N5O3S2/c29-22(18-25-8-10-27(11-9-25)23-24-7-16-32-23)26-12-14-28(15-13-26)33(30,31)21-6-5-19-3-1-2-4-20(19)17-21/h1-7,16-17H,8-15,18H2. The summed E-state index contributed by atoms with van der Waals surface area (Å²) in [6.07, 6.45) is 1.82. The lowest BCUT2D eigenvalue weighted by Crippen LogP contribution is -2.54. The lowest BCUT2D eigenvalue weighted by atomic mass is 10.1. The highest BCUT2D eigenvalue weighted by molar-refractivity contribution is 7.89. The SMILES string of the molecule is O=C(CN1CCN(c2nccs2)CC1)N1CCN(S(=O)(=O)c2ccc3ccccc3c2)CC1. The molecule has 1 amide bonds. The molecule has 2 fully saturated rings. The third kappa shape index (κ3) is 4.74. The van der Waals surface area contributed by atoms with E-state index in [-0.39, 0.29) is 5.91 Å². The van der Waals surface area contributed by atoms with E-state index < -0.39 is 10.0 Å². The van der Waals surface area contributed by atoms with Gasteiger partial charge in [-0.3, -0.25) is 9.69 Å². The molecule has 5 rings (SSSR count). The predicted molar refractivity (Wildman–Crippen MR) is 130 cm³/mol. The lowest BCUT2D eigenvalue weighted by molar-refractivity contribution is -0.133. The van der Waals surface area contributed by atoms with E-state index in [1.165, 1.54) is 4.31 Å².